The van der Waals surface area contributed by atoms with Gasteiger partial charge in [0, 0.05) is 30.4 Å². The van der Waals surface area contributed by atoms with Crippen molar-refractivity contribution in [3.05, 3.63) is 47.9 Å². The second-order valence-corrected chi connectivity index (χ2v) is 4.38. The van der Waals surface area contributed by atoms with E-state index in [4.69, 9.17) is 4.42 Å². The van der Waals surface area contributed by atoms with E-state index in [1.807, 2.05) is 12.1 Å². The van der Waals surface area contributed by atoms with E-state index in [-0.39, 0.29) is 11.7 Å². The van der Waals surface area contributed by atoms with Gasteiger partial charge in [0.1, 0.15) is 0 Å². The van der Waals surface area contributed by atoms with Crippen molar-refractivity contribution < 1.29 is 18.7 Å². The summed E-state index contributed by atoms with van der Waals surface area (Å²) in [6.07, 6.45) is 1.45. The fraction of sp³-hybridized carbons (Fsp3) is 0.200. The number of amides is 1. The lowest BCUT2D eigenvalue weighted by Gasteiger charge is -2.07. The first kappa shape index (κ1) is 14.6. The second-order valence-electron chi connectivity index (χ2n) is 4.38. The van der Waals surface area contributed by atoms with Crippen molar-refractivity contribution >= 4 is 23.3 Å². The van der Waals surface area contributed by atoms with E-state index in [2.05, 4.69) is 15.4 Å². The maximum absolute atomic E-state index is 11.5. The van der Waals surface area contributed by atoms with Crippen LogP contribution >= 0.6 is 0 Å². The number of ether oxygens (including phenoxy) is 1. The summed E-state index contributed by atoms with van der Waals surface area (Å²) in [6, 6.07) is 8.97. The van der Waals surface area contributed by atoms with Crippen LogP contribution in [-0.4, -0.2) is 19.0 Å². The minimum atomic E-state index is -0.502. The lowest BCUT2D eigenvalue weighted by atomic mass is 10.2. The molecule has 2 aromatic rings. The largest absolute Gasteiger partial charge is 0.463 e. The van der Waals surface area contributed by atoms with Crippen LogP contribution in [0, 0.1) is 0 Å². The molecule has 1 amide bonds. The molecule has 0 unspecified atom stereocenters. The summed E-state index contributed by atoms with van der Waals surface area (Å²) in [5.41, 5.74) is 2.31. The lowest BCUT2D eigenvalue weighted by Crippen LogP contribution is -2.07. The number of methoxy groups -OCH3 is 1. The van der Waals surface area contributed by atoms with Crippen LogP contribution in [0.25, 0.3) is 0 Å². The first-order valence-electron chi connectivity index (χ1n) is 6.36. The summed E-state index contributed by atoms with van der Waals surface area (Å²) in [7, 11) is 1.31. The Morgan fingerprint density at radius 3 is 2.43 bits per heavy atom. The fourth-order valence-electron chi connectivity index (χ4n) is 1.82. The van der Waals surface area contributed by atoms with Gasteiger partial charge in [-0.25, -0.2) is 4.79 Å². The summed E-state index contributed by atoms with van der Waals surface area (Å²) in [6.45, 7) is 1.89. The van der Waals surface area contributed by atoms with E-state index in [9.17, 15) is 9.59 Å². The van der Waals surface area contributed by atoms with Gasteiger partial charge in [-0.2, -0.15) is 0 Å². The van der Waals surface area contributed by atoms with E-state index < -0.39 is 5.97 Å². The summed E-state index contributed by atoms with van der Waals surface area (Å²) < 4.78 is 9.75. The molecule has 0 aliphatic heterocycles. The maximum atomic E-state index is 11.5. The Morgan fingerprint density at radius 2 is 1.81 bits per heavy atom. The third kappa shape index (κ3) is 3.85. The van der Waals surface area contributed by atoms with Crippen LogP contribution in [0.4, 0.5) is 11.4 Å². The van der Waals surface area contributed by atoms with Gasteiger partial charge in [-0.3, -0.25) is 4.79 Å². The molecule has 0 saturated heterocycles. The molecule has 6 nitrogen and oxygen atoms in total. The normalized spacial score (nSPS) is 10.0. The van der Waals surface area contributed by atoms with Crippen LogP contribution in [0.1, 0.15) is 23.0 Å². The maximum Gasteiger partial charge on any atom is 0.374 e. The van der Waals surface area contributed by atoms with Crippen LogP contribution < -0.4 is 10.6 Å². The number of benzene rings is 1. The molecule has 2 N–H and O–H groups in total. The Balaban J connectivity index is 1.98. The van der Waals surface area contributed by atoms with Gasteiger partial charge in [0.15, 0.2) is 0 Å². The van der Waals surface area contributed by atoms with Crippen LogP contribution in [-0.2, 0) is 16.1 Å². The number of hydrogen-bond donors (Lipinski definition) is 2. The zero-order valence-electron chi connectivity index (χ0n) is 11.8. The van der Waals surface area contributed by atoms with Crippen molar-refractivity contribution in [2.75, 3.05) is 17.7 Å². The molecule has 6 heteroatoms. The molecular formula is C15H16N2O4. The molecule has 1 heterocycles. The number of nitrogens with one attached hydrogen (secondary N) is 2. The Kier molecular flexibility index (Phi) is 4.61. The average molecular weight is 288 g/mol. The third-order valence-corrected chi connectivity index (χ3v) is 2.81. The number of carbonyl (C=O) groups is 2. The van der Waals surface area contributed by atoms with Gasteiger partial charge in [-0.15, -0.1) is 0 Å². The first-order valence-corrected chi connectivity index (χ1v) is 6.36. The van der Waals surface area contributed by atoms with Crippen molar-refractivity contribution in [2.45, 2.75) is 13.5 Å². The molecule has 21 heavy (non-hydrogen) atoms. The van der Waals surface area contributed by atoms with Crippen LogP contribution in [0.3, 0.4) is 0 Å². The summed E-state index contributed by atoms with van der Waals surface area (Å²) in [5.74, 6) is -0.422. The van der Waals surface area contributed by atoms with Gasteiger partial charge in [-0.1, -0.05) is 0 Å². The van der Waals surface area contributed by atoms with Crippen molar-refractivity contribution in [3.8, 4) is 0 Å². The molecule has 0 aliphatic carbocycles. The second kappa shape index (κ2) is 6.60. The van der Waals surface area contributed by atoms with E-state index in [1.165, 1.54) is 20.3 Å². The zero-order valence-corrected chi connectivity index (χ0v) is 11.8. The first-order chi connectivity index (χ1) is 10.1. The van der Waals surface area contributed by atoms with E-state index in [0.717, 1.165) is 11.4 Å². The minimum Gasteiger partial charge on any atom is -0.463 e. The van der Waals surface area contributed by atoms with Gasteiger partial charge in [0.2, 0.25) is 11.7 Å². The number of hydrogen-bond acceptors (Lipinski definition) is 5. The highest BCUT2D eigenvalue weighted by Gasteiger charge is 2.15. The highest BCUT2D eigenvalue weighted by molar-refractivity contribution is 5.89. The predicted molar refractivity (Wildman–Crippen MR) is 78.1 cm³/mol. The number of carbonyl (C=O) groups excluding carboxylic acids is 2. The summed E-state index contributed by atoms with van der Waals surface area (Å²) in [5, 5.41) is 5.86. The molecule has 0 saturated carbocycles. The van der Waals surface area contributed by atoms with Crippen molar-refractivity contribution in [2.24, 2.45) is 0 Å². The Hall–Kier alpha value is -2.76. The Morgan fingerprint density at radius 1 is 1.14 bits per heavy atom. The van der Waals surface area contributed by atoms with Crippen molar-refractivity contribution in [1.82, 2.24) is 0 Å². The minimum absolute atomic E-state index is 0.114. The van der Waals surface area contributed by atoms with Crippen LogP contribution in [0.2, 0.25) is 0 Å². The van der Waals surface area contributed by atoms with Crippen LogP contribution in [0.5, 0.6) is 0 Å². The number of furan rings is 1. The average Bonchev–Trinajstić information content (AvgIpc) is 2.93. The Labute approximate surface area is 122 Å². The topological polar surface area (TPSA) is 80.6 Å². The van der Waals surface area contributed by atoms with E-state index in [0.29, 0.717) is 12.1 Å². The zero-order chi connectivity index (χ0) is 15.2. The quantitative estimate of drug-likeness (QED) is 0.827. The number of anilines is 2. The molecule has 1 aromatic heterocycles. The molecule has 0 radical (unpaired) electrons. The van der Waals surface area contributed by atoms with Gasteiger partial charge in [0.25, 0.3) is 0 Å². The van der Waals surface area contributed by atoms with Crippen molar-refractivity contribution in [3.63, 3.8) is 0 Å². The van der Waals surface area contributed by atoms with Gasteiger partial charge < -0.3 is 19.8 Å². The SMILES string of the molecule is COC(=O)c1occc1CNc1ccc(NC(C)=O)cc1. The third-order valence-electron chi connectivity index (χ3n) is 2.81. The smallest absolute Gasteiger partial charge is 0.374 e. The predicted octanol–water partition coefficient (Wildman–Crippen LogP) is 2.64. The highest BCUT2D eigenvalue weighted by atomic mass is 16.5. The number of rotatable bonds is 5. The molecule has 0 spiro atoms. The fourth-order valence-corrected chi connectivity index (χ4v) is 1.82. The summed E-state index contributed by atoms with van der Waals surface area (Å²) in [4.78, 5) is 22.4. The molecule has 2 rings (SSSR count). The molecule has 1 aromatic carbocycles. The summed E-state index contributed by atoms with van der Waals surface area (Å²) >= 11 is 0. The molecule has 110 valence electrons. The lowest BCUT2D eigenvalue weighted by molar-refractivity contribution is -0.114. The molecule has 0 atom stereocenters. The van der Waals surface area contributed by atoms with Gasteiger partial charge in [-0.05, 0) is 30.3 Å². The molecule has 0 fully saturated rings. The van der Waals surface area contributed by atoms with Gasteiger partial charge in [0.05, 0.1) is 13.4 Å². The van der Waals surface area contributed by atoms with Crippen LogP contribution in [0.15, 0.2) is 41.0 Å². The van der Waals surface area contributed by atoms with Gasteiger partial charge >= 0.3 is 5.97 Å². The van der Waals surface area contributed by atoms with E-state index in [1.54, 1.807) is 18.2 Å². The Bertz CT molecular complexity index is 631. The molecule has 0 bridgehead atoms. The van der Waals surface area contributed by atoms with E-state index >= 15 is 0 Å². The highest BCUT2D eigenvalue weighted by Crippen LogP contribution is 2.17. The molecule has 0 aliphatic rings. The molecular weight excluding hydrogens is 272 g/mol. The number of esters is 1. The monoisotopic (exact) mass is 288 g/mol. The standard InChI is InChI=1S/C15H16N2O4/c1-10(18)17-13-5-3-12(4-6-13)16-9-11-7-8-21-14(11)15(19)20-2/h3-8,16H,9H2,1-2H3,(H,17,18). The van der Waals surface area contributed by atoms with Crippen molar-refractivity contribution in [1.29, 1.82) is 0 Å².